The van der Waals surface area contributed by atoms with E-state index in [0.29, 0.717) is 26.2 Å². The van der Waals surface area contributed by atoms with E-state index in [4.69, 9.17) is 4.74 Å². The molecule has 2 fully saturated rings. The Morgan fingerprint density at radius 1 is 1.27 bits per heavy atom. The van der Waals surface area contributed by atoms with E-state index in [2.05, 4.69) is 21.1 Å². The molecule has 1 atom stereocenters. The van der Waals surface area contributed by atoms with Crippen molar-refractivity contribution in [1.29, 1.82) is 0 Å². The van der Waals surface area contributed by atoms with Gasteiger partial charge in [0.25, 0.3) is 5.92 Å². The maximum Gasteiger partial charge on any atom is 0.410 e. The van der Waals surface area contributed by atoms with Crippen LogP contribution in [0.1, 0.15) is 29.7 Å². The van der Waals surface area contributed by atoms with Gasteiger partial charge < -0.3 is 14.5 Å². The second-order valence-electron chi connectivity index (χ2n) is 8.09. The Hall–Kier alpha value is -2.97. The molecule has 1 amide bonds. The van der Waals surface area contributed by atoms with Crippen molar-refractivity contribution in [1.82, 2.24) is 19.7 Å². The van der Waals surface area contributed by atoms with Crippen LogP contribution in [0.2, 0.25) is 0 Å². The number of piperazine rings is 1. The molecule has 0 unspecified atom stereocenters. The molecular weight excluding hydrogens is 392 g/mol. The van der Waals surface area contributed by atoms with Gasteiger partial charge in [-0.25, -0.2) is 13.6 Å². The molecular formula is C21H23F2N5O2. The Morgan fingerprint density at radius 3 is 2.70 bits per heavy atom. The van der Waals surface area contributed by atoms with Crippen LogP contribution in [0.5, 0.6) is 0 Å². The zero-order valence-corrected chi connectivity index (χ0v) is 16.7. The van der Waals surface area contributed by atoms with E-state index >= 15 is 0 Å². The molecule has 158 valence electrons. The predicted molar refractivity (Wildman–Crippen MR) is 107 cm³/mol. The molecule has 0 spiro atoms. The first-order valence-corrected chi connectivity index (χ1v) is 10.2. The third kappa shape index (κ3) is 3.32. The highest BCUT2D eigenvalue weighted by Gasteiger charge is 2.51. The second-order valence-corrected chi connectivity index (χ2v) is 8.09. The van der Waals surface area contributed by atoms with Crippen LogP contribution in [0.15, 0.2) is 24.7 Å². The summed E-state index contributed by atoms with van der Waals surface area (Å²) in [6, 6.07) is 1.99. The highest BCUT2D eigenvalue weighted by molar-refractivity contribution is 5.91. The highest BCUT2D eigenvalue weighted by Crippen LogP contribution is 2.40. The normalized spacial score (nSPS) is 22.4. The minimum absolute atomic E-state index is 0.208. The molecule has 3 aliphatic rings. The van der Waals surface area contributed by atoms with Crippen molar-refractivity contribution in [3.63, 3.8) is 0 Å². The Labute approximate surface area is 172 Å². The Balaban J connectivity index is 1.26. The third-order valence-corrected chi connectivity index (χ3v) is 6.13. The van der Waals surface area contributed by atoms with E-state index in [0.717, 1.165) is 28.9 Å². The van der Waals surface area contributed by atoms with Crippen molar-refractivity contribution in [2.24, 2.45) is 7.05 Å². The van der Waals surface area contributed by atoms with Crippen molar-refractivity contribution in [2.75, 3.05) is 31.1 Å². The molecule has 1 aliphatic heterocycles. The van der Waals surface area contributed by atoms with Crippen LogP contribution in [0.4, 0.5) is 19.3 Å². The summed E-state index contributed by atoms with van der Waals surface area (Å²) in [6.07, 6.45) is 6.69. The van der Waals surface area contributed by atoms with E-state index in [1.807, 2.05) is 31.7 Å². The fourth-order valence-electron chi connectivity index (χ4n) is 4.21. The zero-order chi connectivity index (χ0) is 20.9. The van der Waals surface area contributed by atoms with Crippen LogP contribution in [0.3, 0.4) is 0 Å². The van der Waals surface area contributed by atoms with Crippen LogP contribution in [-0.2, 0) is 18.2 Å². The molecule has 5 rings (SSSR count). The summed E-state index contributed by atoms with van der Waals surface area (Å²) in [5.41, 5.74) is 5.47. The van der Waals surface area contributed by atoms with Crippen molar-refractivity contribution < 1.29 is 18.3 Å². The van der Waals surface area contributed by atoms with Gasteiger partial charge in [-0.2, -0.15) is 5.10 Å². The third-order valence-electron chi connectivity index (χ3n) is 6.13. The van der Waals surface area contributed by atoms with Gasteiger partial charge in [0.05, 0.1) is 11.9 Å². The predicted octanol–water partition coefficient (Wildman–Crippen LogP) is 2.97. The fourth-order valence-corrected chi connectivity index (χ4v) is 4.21. The average Bonchev–Trinajstić information content (AvgIpc) is 3.37. The number of anilines is 1. The van der Waals surface area contributed by atoms with Gasteiger partial charge in [-0.05, 0) is 24.1 Å². The number of carbonyl (C=O) groups excluding carboxylic acids is 1. The molecule has 0 aromatic carbocycles. The maximum atomic E-state index is 13.4. The van der Waals surface area contributed by atoms with Crippen molar-refractivity contribution in [3.05, 3.63) is 41.5 Å². The number of alkyl halides is 2. The lowest BCUT2D eigenvalue weighted by molar-refractivity contribution is -0.179. The van der Waals surface area contributed by atoms with Crippen LogP contribution >= 0.6 is 0 Å². The van der Waals surface area contributed by atoms with Crippen LogP contribution < -0.4 is 4.90 Å². The number of hydrogen-bond acceptors (Lipinski definition) is 5. The first-order valence-electron chi connectivity index (χ1n) is 10.2. The average molecular weight is 415 g/mol. The van der Waals surface area contributed by atoms with Gasteiger partial charge in [0, 0.05) is 75.3 Å². The number of halogens is 2. The summed E-state index contributed by atoms with van der Waals surface area (Å²) in [6.45, 7) is 2.10. The number of amides is 1. The van der Waals surface area contributed by atoms with Gasteiger partial charge in [-0.15, -0.1) is 0 Å². The van der Waals surface area contributed by atoms with Gasteiger partial charge in [0.15, 0.2) is 6.10 Å². The lowest BCUT2D eigenvalue weighted by atomic mass is 9.91. The lowest BCUT2D eigenvalue weighted by Crippen LogP contribution is -2.53. The molecule has 2 aromatic heterocycles. The van der Waals surface area contributed by atoms with Gasteiger partial charge >= 0.3 is 6.09 Å². The summed E-state index contributed by atoms with van der Waals surface area (Å²) in [5, 5.41) is 4.25. The number of aromatic nitrogens is 3. The van der Waals surface area contributed by atoms with Crippen LogP contribution in [0, 0.1) is 0 Å². The van der Waals surface area contributed by atoms with Gasteiger partial charge in [-0.3, -0.25) is 9.67 Å². The summed E-state index contributed by atoms with van der Waals surface area (Å²) < 4.78 is 33.5. The van der Waals surface area contributed by atoms with E-state index in [1.165, 1.54) is 10.5 Å². The number of allylic oxidation sites excluding steroid dienone is 1. The van der Waals surface area contributed by atoms with Gasteiger partial charge in [0.1, 0.15) is 0 Å². The van der Waals surface area contributed by atoms with E-state index < -0.39 is 18.1 Å². The number of fused-ring (bicyclic) bond motifs is 1. The molecule has 2 aromatic rings. The standard InChI is InChI=1S/C21H23F2N5O2/c1-26-13-15(12-25-26)14-10-16-17(11-14)24-5-3-18(16)27-6-8-28(9-7-27)20(29)30-19-2-4-21(19,22)23/h3,5,10,12-13,19H,2,4,6-9,11H2,1H3/t19-/m0/s1. The minimum Gasteiger partial charge on any atom is -0.440 e. The van der Waals surface area contributed by atoms with E-state index in [9.17, 15) is 13.6 Å². The van der Waals surface area contributed by atoms with Gasteiger partial charge in [0.2, 0.25) is 0 Å². The highest BCUT2D eigenvalue weighted by atomic mass is 19.3. The van der Waals surface area contributed by atoms with Crippen molar-refractivity contribution in [2.45, 2.75) is 31.3 Å². The zero-order valence-electron chi connectivity index (χ0n) is 16.7. The molecule has 1 saturated heterocycles. The Morgan fingerprint density at radius 2 is 2.07 bits per heavy atom. The summed E-state index contributed by atoms with van der Waals surface area (Å²) in [4.78, 5) is 20.5. The van der Waals surface area contributed by atoms with Gasteiger partial charge in [-0.1, -0.05) is 0 Å². The largest absolute Gasteiger partial charge is 0.440 e. The summed E-state index contributed by atoms with van der Waals surface area (Å²) >= 11 is 0. The quantitative estimate of drug-likeness (QED) is 0.771. The summed E-state index contributed by atoms with van der Waals surface area (Å²) in [7, 11) is 1.90. The Kier molecular flexibility index (Phi) is 4.48. The van der Waals surface area contributed by atoms with E-state index in [-0.39, 0.29) is 12.8 Å². The van der Waals surface area contributed by atoms with E-state index in [1.54, 1.807) is 4.68 Å². The second kappa shape index (κ2) is 7.07. The fraction of sp³-hybridized carbons (Fsp3) is 0.476. The number of pyridine rings is 1. The smallest absolute Gasteiger partial charge is 0.410 e. The first kappa shape index (κ1) is 19.0. The molecule has 7 nitrogen and oxygen atoms in total. The monoisotopic (exact) mass is 415 g/mol. The SMILES string of the molecule is Cn1cc(C2=Cc3c(N4CCN(C(=O)O[C@H]5CCC5(F)F)CC4)ccnc3C2)cn1. The molecule has 0 bridgehead atoms. The number of hydrogen-bond donors (Lipinski definition) is 0. The number of nitrogens with zero attached hydrogens (tertiary/aromatic N) is 5. The molecule has 2 aliphatic carbocycles. The summed E-state index contributed by atoms with van der Waals surface area (Å²) in [5.74, 6) is -2.88. The van der Waals surface area contributed by atoms with Crippen LogP contribution in [0.25, 0.3) is 11.6 Å². The molecule has 3 heterocycles. The lowest BCUT2D eigenvalue weighted by Gasteiger charge is -2.39. The molecule has 0 N–H and O–H groups in total. The van der Waals surface area contributed by atoms with Crippen molar-refractivity contribution in [3.8, 4) is 0 Å². The first-order chi connectivity index (χ1) is 14.4. The number of carbonyl (C=O) groups is 1. The molecule has 9 heteroatoms. The molecule has 0 radical (unpaired) electrons. The number of rotatable bonds is 3. The number of aryl methyl sites for hydroxylation is 1. The number of ether oxygens (including phenoxy) is 1. The van der Waals surface area contributed by atoms with Crippen molar-refractivity contribution >= 4 is 23.4 Å². The minimum atomic E-state index is -2.88. The van der Waals surface area contributed by atoms with Crippen LogP contribution in [-0.4, -0.2) is 64.0 Å². The molecule has 30 heavy (non-hydrogen) atoms. The topological polar surface area (TPSA) is 63.5 Å². The maximum absolute atomic E-state index is 13.4. The molecule has 1 saturated carbocycles. The Bertz CT molecular complexity index is 1010.